The number of hydrogen-bond acceptors (Lipinski definition) is 7. The summed E-state index contributed by atoms with van der Waals surface area (Å²) in [7, 11) is 0. The van der Waals surface area contributed by atoms with E-state index in [1.165, 1.54) is 5.39 Å². The molecule has 4 aromatic heterocycles. The molecule has 0 saturated carbocycles. The first-order valence-corrected chi connectivity index (χ1v) is 10.8. The molecule has 1 aliphatic rings. The molecule has 0 bridgehead atoms. The SMILES string of the molecule is C(=N/Nc1cc(N2CCOCC2)n2nc(-c3ccncc3)cc2n1)/c1ccc2cc[nH]c2c1. The lowest BCUT2D eigenvalue weighted by molar-refractivity contribution is 0.122. The van der Waals surface area contributed by atoms with Crippen LogP contribution in [-0.2, 0) is 4.74 Å². The number of pyridine rings is 1. The Bertz CT molecular complexity index is 1430. The van der Waals surface area contributed by atoms with Crippen molar-refractivity contribution in [3.05, 3.63) is 72.7 Å². The van der Waals surface area contributed by atoms with E-state index in [1.807, 2.05) is 47.1 Å². The number of ether oxygens (including phenoxy) is 1. The molecule has 0 radical (unpaired) electrons. The molecule has 0 aliphatic carbocycles. The highest BCUT2D eigenvalue weighted by Crippen LogP contribution is 2.25. The number of benzene rings is 1. The van der Waals surface area contributed by atoms with Gasteiger partial charge in [0.25, 0.3) is 0 Å². The molecule has 2 N–H and O–H groups in total. The molecule has 9 nitrogen and oxygen atoms in total. The van der Waals surface area contributed by atoms with Gasteiger partial charge in [-0.05, 0) is 35.2 Å². The first-order chi connectivity index (χ1) is 16.3. The van der Waals surface area contributed by atoms with E-state index in [2.05, 4.69) is 37.5 Å². The summed E-state index contributed by atoms with van der Waals surface area (Å²) in [4.78, 5) is 14.3. The standard InChI is InChI=1S/C24H22N8O/c1-2-18-5-8-26-20(18)13-17(1)16-27-29-22-15-24(31-9-11-33-12-10-31)32-23(28-22)14-21(30-32)19-3-6-25-7-4-19/h1-8,13-16,26H,9-12H2,(H,28,29)/b27-16-. The number of morpholine rings is 1. The summed E-state index contributed by atoms with van der Waals surface area (Å²) in [5.41, 5.74) is 7.76. The summed E-state index contributed by atoms with van der Waals surface area (Å²) in [6, 6.07) is 16.1. The van der Waals surface area contributed by atoms with E-state index in [0.29, 0.717) is 19.0 Å². The van der Waals surface area contributed by atoms with Crippen LogP contribution in [0.15, 0.2) is 72.2 Å². The van der Waals surface area contributed by atoms with Gasteiger partial charge in [-0.3, -0.25) is 10.4 Å². The zero-order valence-electron chi connectivity index (χ0n) is 17.8. The Kier molecular flexibility index (Phi) is 4.93. The van der Waals surface area contributed by atoms with E-state index in [-0.39, 0.29) is 0 Å². The third-order valence-electron chi connectivity index (χ3n) is 5.69. The van der Waals surface area contributed by atoms with Crippen LogP contribution < -0.4 is 10.3 Å². The minimum atomic E-state index is 0.655. The second-order valence-corrected chi connectivity index (χ2v) is 7.83. The zero-order chi connectivity index (χ0) is 22.0. The van der Waals surface area contributed by atoms with Gasteiger partial charge in [-0.25, -0.2) is 4.98 Å². The summed E-state index contributed by atoms with van der Waals surface area (Å²) >= 11 is 0. The van der Waals surface area contributed by atoms with Crippen molar-refractivity contribution in [2.75, 3.05) is 36.6 Å². The van der Waals surface area contributed by atoms with Crippen molar-refractivity contribution in [1.29, 1.82) is 0 Å². The normalized spacial score (nSPS) is 14.5. The average molecular weight is 438 g/mol. The highest BCUT2D eigenvalue weighted by atomic mass is 16.5. The fourth-order valence-electron chi connectivity index (χ4n) is 4.02. The van der Waals surface area contributed by atoms with Crippen molar-refractivity contribution in [3.8, 4) is 11.3 Å². The lowest BCUT2D eigenvalue weighted by Crippen LogP contribution is -2.37. The van der Waals surface area contributed by atoms with Crippen LogP contribution in [0.3, 0.4) is 0 Å². The lowest BCUT2D eigenvalue weighted by Gasteiger charge is -2.29. The number of hydrazone groups is 1. The number of hydrogen-bond donors (Lipinski definition) is 2. The van der Waals surface area contributed by atoms with Crippen LogP contribution in [-0.4, -0.2) is 57.1 Å². The third kappa shape index (κ3) is 3.90. The molecule has 33 heavy (non-hydrogen) atoms. The summed E-state index contributed by atoms with van der Waals surface area (Å²) in [5, 5.41) is 10.4. The van der Waals surface area contributed by atoms with E-state index in [4.69, 9.17) is 14.8 Å². The van der Waals surface area contributed by atoms with Gasteiger partial charge in [-0.2, -0.15) is 14.7 Å². The first kappa shape index (κ1) is 19.4. The summed E-state index contributed by atoms with van der Waals surface area (Å²) in [5.74, 6) is 1.61. The van der Waals surface area contributed by atoms with Crippen molar-refractivity contribution < 1.29 is 4.74 Å². The Labute approximate surface area is 189 Å². The number of nitrogens with zero attached hydrogens (tertiary/aromatic N) is 6. The fourth-order valence-corrected chi connectivity index (χ4v) is 4.02. The minimum Gasteiger partial charge on any atom is -0.378 e. The molecule has 1 fully saturated rings. The molecule has 6 rings (SSSR count). The molecule has 1 aliphatic heterocycles. The van der Waals surface area contributed by atoms with Crippen LogP contribution in [0, 0.1) is 0 Å². The largest absolute Gasteiger partial charge is 0.378 e. The van der Waals surface area contributed by atoms with E-state index in [9.17, 15) is 0 Å². The first-order valence-electron chi connectivity index (χ1n) is 10.8. The van der Waals surface area contributed by atoms with E-state index in [1.54, 1.807) is 18.6 Å². The molecule has 5 aromatic rings. The quantitative estimate of drug-likeness (QED) is 0.322. The second kappa shape index (κ2) is 8.36. The molecule has 1 aromatic carbocycles. The van der Waals surface area contributed by atoms with Crippen molar-refractivity contribution in [2.24, 2.45) is 5.10 Å². The monoisotopic (exact) mass is 438 g/mol. The molecule has 9 heteroatoms. The molecule has 0 spiro atoms. The van der Waals surface area contributed by atoms with Gasteiger partial charge in [-0.15, -0.1) is 0 Å². The van der Waals surface area contributed by atoms with Crippen molar-refractivity contribution in [2.45, 2.75) is 0 Å². The topological polar surface area (TPSA) is 95.7 Å². The summed E-state index contributed by atoms with van der Waals surface area (Å²) in [6.45, 7) is 2.96. The van der Waals surface area contributed by atoms with Gasteiger partial charge < -0.3 is 14.6 Å². The molecule has 0 atom stereocenters. The number of H-pyrrole nitrogens is 1. The number of fused-ring (bicyclic) bond motifs is 2. The highest BCUT2D eigenvalue weighted by molar-refractivity contribution is 5.89. The maximum Gasteiger partial charge on any atom is 0.160 e. The summed E-state index contributed by atoms with van der Waals surface area (Å²) in [6.07, 6.45) is 7.26. The number of aromatic amines is 1. The van der Waals surface area contributed by atoms with Crippen LogP contribution in [0.5, 0.6) is 0 Å². The van der Waals surface area contributed by atoms with Gasteiger partial charge in [-0.1, -0.05) is 12.1 Å². The maximum absolute atomic E-state index is 5.54. The average Bonchev–Trinajstić information content (AvgIpc) is 3.51. The van der Waals surface area contributed by atoms with Crippen LogP contribution in [0.1, 0.15) is 5.56 Å². The van der Waals surface area contributed by atoms with Crippen LogP contribution in [0.2, 0.25) is 0 Å². The Morgan fingerprint density at radius 2 is 1.91 bits per heavy atom. The molecule has 0 unspecified atom stereocenters. The highest BCUT2D eigenvalue weighted by Gasteiger charge is 2.18. The zero-order valence-corrected chi connectivity index (χ0v) is 17.8. The van der Waals surface area contributed by atoms with Gasteiger partial charge in [0.05, 0.1) is 25.1 Å². The van der Waals surface area contributed by atoms with Crippen LogP contribution in [0.25, 0.3) is 27.8 Å². The summed E-state index contributed by atoms with van der Waals surface area (Å²) < 4.78 is 7.43. The third-order valence-corrected chi connectivity index (χ3v) is 5.69. The number of aromatic nitrogens is 5. The predicted octanol–water partition coefficient (Wildman–Crippen LogP) is 3.56. The van der Waals surface area contributed by atoms with E-state index in [0.717, 1.165) is 46.9 Å². The molecular formula is C24H22N8O. The predicted molar refractivity (Wildman–Crippen MR) is 129 cm³/mol. The lowest BCUT2D eigenvalue weighted by atomic mass is 10.2. The number of nitrogens with one attached hydrogen (secondary N) is 2. The van der Waals surface area contributed by atoms with Crippen molar-refractivity contribution in [1.82, 2.24) is 24.6 Å². The molecular weight excluding hydrogens is 416 g/mol. The van der Waals surface area contributed by atoms with Gasteiger partial charge in [0, 0.05) is 54.9 Å². The number of anilines is 2. The Morgan fingerprint density at radius 1 is 1.03 bits per heavy atom. The van der Waals surface area contributed by atoms with Gasteiger partial charge >= 0.3 is 0 Å². The minimum absolute atomic E-state index is 0.655. The van der Waals surface area contributed by atoms with Crippen LogP contribution >= 0.6 is 0 Å². The fraction of sp³-hybridized carbons (Fsp3) is 0.167. The Balaban J connectivity index is 1.34. The number of rotatable bonds is 5. The molecule has 164 valence electrons. The second-order valence-electron chi connectivity index (χ2n) is 7.83. The van der Waals surface area contributed by atoms with Crippen molar-refractivity contribution in [3.63, 3.8) is 0 Å². The van der Waals surface area contributed by atoms with Crippen molar-refractivity contribution >= 4 is 34.4 Å². The van der Waals surface area contributed by atoms with E-state index >= 15 is 0 Å². The molecule has 0 amide bonds. The Morgan fingerprint density at radius 3 is 2.79 bits per heavy atom. The molecule has 5 heterocycles. The van der Waals surface area contributed by atoms with Crippen LogP contribution in [0.4, 0.5) is 11.6 Å². The Hall–Kier alpha value is -4.24. The molecule has 1 saturated heterocycles. The van der Waals surface area contributed by atoms with Gasteiger partial charge in [0.15, 0.2) is 11.5 Å². The van der Waals surface area contributed by atoms with Gasteiger partial charge in [0.2, 0.25) is 0 Å². The van der Waals surface area contributed by atoms with E-state index < -0.39 is 0 Å². The smallest absolute Gasteiger partial charge is 0.160 e. The maximum atomic E-state index is 5.54. The van der Waals surface area contributed by atoms with Gasteiger partial charge in [0.1, 0.15) is 5.82 Å².